The first kappa shape index (κ1) is 13.2. The van der Waals surface area contributed by atoms with Crippen LogP contribution in [0.15, 0.2) is 18.2 Å². The SMILES string of the molecule is CC(C)(O)[C@H]1CCc2c([nH]c3c(C(N)=O)cccc23)C1. The first-order valence-electron chi connectivity index (χ1n) is 7.02. The Morgan fingerprint density at radius 3 is 2.85 bits per heavy atom. The van der Waals surface area contributed by atoms with Crippen molar-refractivity contribution in [1.29, 1.82) is 0 Å². The maximum absolute atomic E-state index is 11.5. The van der Waals surface area contributed by atoms with Crippen LogP contribution in [-0.4, -0.2) is 21.6 Å². The molecule has 4 heteroatoms. The average Bonchev–Trinajstić information content (AvgIpc) is 2.74. The normalized spacial score (nSPS) is 19.1. The van der Waals surface area contributed by atoms with Crippen molar-refractivity contribution in [3.05, 3.63) is 35.0 Å². The number of aliphatic hydroxyl groups is 1. The first-order chi connectivity index (χ1) is 9.38. The van der Waals surface area contributed by atoms with Crippen molar-refractivity contribution in [2.45, 2.75) is 38.7 Å². The third kappa shape index (κ3) is 2.00. The molecule has 0 unspecified atom stereocenters. The number of hydrogen-bond donors (Lipinski definition) is 3. The molecule has 0 bridgehead atoms. The van der Waals surface area contributed by atoms with Crippen LogP contribution >= 0.6 is 0 Å². The fourth-order valence-corrected chi connectivity index (χ4v) is 3.26. The van der Waals surface area contributed by atoms with Crippen molar-refractivity contribution in [2.24, 2.45) is 11.7 Å². The minimum absolute atomic E-state index is 0.236. The van der Waals surface area contributed by atoms with Crippen molar-refractivity contribution in [3.63, 3.8) is 0 Å². The summed E-state index contributed by atoms with van der Waals surface area (Å²) in [4.78, 5) is 14.9. The summed E-state index contributed by atoms with van der Waals surface area (Å²) in [6.45, 7) is 3.72. The Balaban J connectivity index is 2.11. The average molecular weight is 272 g/mol. The fraction of sp³-hybridized carbons (Fsp3) is 0.438. The maximum Gasteiger partial charge on any atom is 0.250 e. The lowest BCUT2D eigenvalue weighted by molar-refractivity contribution is 0.0107. The van der Waals surface area contributed by atoms with Crippen LogP contribution in [0.25, 0.3) is 10.9 Å². The molecule has 0 aliphatic heterocycles. The van der Waals surface area contributed by atoms with Gasteiger partial charge in [-0.3, -0.25) is 4.79 Å². The Kier molecular flexibility index (Phi) is 2.87. The zero-order chi connectivity index (χ0) is 14.5. The van der Waals surface area contributed by atoms with E-state index in [2.05, 4.69) is 4.98 Å². The predicted molar refractivity (Wildman–Crippen MR) is 78.6 cm³/mol. The second kappa shape index (κ2) is 4.35. The summed E-state index contributed by atoms with van der Waals surface area (Å²) < 4.78 is 0. The Labute approximate surface area is 118 Å². The number of carbonyl (C=O) groups excluding carboxylic acids is 1. The third-order valence-corrected chi connectivity index (χ3v) is 4.49. The van der Waals surface area contributed by atoms with E-state index < -0.39 is 11.5 Å². The summed E-state index contributed by atoms with van der Waals surface area (Å²) in [5.74, 6) is -0.173. The number of nitrogens with two attached hydrogens (primary N) is 1. The zero-order valence-electron chi connectivity index (χ0n) is 11.9. The maximum atomic E-state index is 11.5. The summed E-state index contributed by atoms with van der Waals surface area (Å²) >= 11 is 0. The highest BCUT2D eigenvalue weighted by Crippen LogP contribution is 2.36. The van der Waals surface area contributed by atoms with Gasteiger partial charge in [-0.2, -0.15) is 0 Å². The van der Waals surface area contributed by atoms with E-state index in [4.69, 9.17) is 5.73 Å². The van der Waals surface area contributed by atoms with Gasteiger partial charge in [0.2, 0.25) is 0 Å². The summed E-state index contributed by atoms with van der Waals surface area (Å²) in [7, 11) is 0. The van der Waals surface area contributed by atoms with E-state index in [1.54, 1.807) is 6.07 Å². The lowest BCUT2D eigenvalue weighted by Crippen LogP contribution is -2.34. The fourth-order valence-electron chi connectivity index (χ4n) is 3.26. The van der Waals surface area contributed by atoms with Crippen LogP contribution in [0.5, 0.6) is 0 Å². The lowest BCUT2D eigenvalue weighted by Gasteiger charge is -2.32. The summed E-state index contributed by atoms with van der Waals surface area (Å²) in [5, 5.41) is 11.3. The number of para-hydroxylation sites is 1. The van der Waals surface area contributed by atoms with Gasteiger partial charge < -0.3 is 15.8 Å². The highest BCUT2D eigenvalue weighted by atomic mass is 16.3. The lowest BCUT2D eigenvalue weighted by atomic mass is 9.78. The molecule has 1 atom stereocenters. The second-order valence-electron chi connectivity index (χ2n) is 6.27. The molecule has 20 heavy (non-hydrogen) atoms. The molecular weight excluding hydrogens is 252 g/mol. The Morgan fingerprint density at radius 2 is 2.20 bits per heavy atom. The van der Waals surface area contributed by atoms with Gasteiger partial charge in [-0.1, -0.05) is 12.1 Å². The van der Waals surface area contributed by atoms with Gasteiger partial charge in [0.25, 0.3) is 5.91 Å². The van der Waals surface area contributed by atoms with Crippen molar-refractivity contribution in [1.82, 2.24) is 4.98 Å². The Hall–Kier alpha value is -1.81. The van der Waals surface area contributed by atoms with Crippen LogP contribution in [0.1, 0.15) is 41.9 Å². The highest BCUT2D eigenvalue weighted by Gasteiger charge is 2.32. The standard InChI is InChI=1S/C16H20N2O2/c1-16(2,20)9-6-7-10-11-4-3-5-12(15(17)19)14(11)18-13(10)8-9/h3-5,9,18,20H,6-8H2,1-2H3,(H2,17,19)/t9-/m0/s1. The number of hydrogen-bond acceptors (Lipinski definition) is 2. The highest BCUT2D eigenvalue weighted by molar-refractivity contribution is 6.06. The topological polar surface area (TPSA) is 79.1 Å². The van der Waals surface area contributed by atoms with Gasteiger partial charge in [0.1, 0.15) is 0 Å². The molecular formula is C16H20N2O2. The molecule has 0 spiro atoms. The van der Waals surface area contributed by atoms with Gasteiger partial charge in [0, 0.05) is 11.1 Å². The number of fused-ring (bicyclic) bond motifs is 3. The Bertz CT molecular complexity index is 680. The van der Waals surface area contributed by atoms with Gasteiger partial charge in [0.05, 0.1) is 16.7 Å². The number of aryl methyl sites for hydroxylation is 1. The molecule has 1 aliphatic carbocycles. The van der Waals surface area contributed by atoms with Gasteiger partial charge in [-0.25, -0.2) is 0 Å². The number of rotatable bonds is 2. The number of amides is 1. The van der Waals surface area contributed by atoms with Crippen molar-refractivity contribution < 1.29 is 9.90 Å². The Morgan fingerprint density at radius 1 is 1.45 bits per heavy atom. The predicted octanol–water partition coefficient (Wildman–Crippen LogP) is 2.14. The van der Waals surface area contributed by atoms with Crippen LogP contribution in [0, 0.1) is 5.92 Å². The third-order valence-electron chi connectivity index (χ3n) is 4.49. The van der Waals surface area contributed by atoms with Crippen LogP contribution in [0.4, 0.5) is 0 Å². The molecule has 1 aromatic carbocycles. The summed E-state index contributed by atoms with van der Waals surface area (Å²) in [5.41, 5.74) is 8.53. The van der Waals surface area contributed by atoms with Crippen molar-refractivity contribution in [3.8, 4) is 0 Å². The number of aromatic amines is 1. The van der Waals surface area contributed by atoms with E-state index in [1.165, 1.54) is 5.56 Å². The van der Waals surface area contributed by atoms with Crippen molar-refractivity contribution in [2.75, 3.05) is 0 Å². The minimum Gasteiger partial charge on any atom is -0.390 e. The molecule has 106 valence electrons. The number of benzene rings is 1. The number of aromatic nitrogens is 1. The van der Waals surface area contributed by atoms with E-state index in [1.807, 2.05) is 26.0 Å². The van der Waals surface area contributed by atoms with Gasteiger partial charge in [-0.15, -0.1) is 0 Å². The van der Waals surface area contributed by atoms with Crippen LogP contribution < -0.4 is 5.73 Å². The van der Waals surface area contributed by atoms with Crippen LogP contribution in [0.3, 0.4) is 0 Å². The largest absolute Gasteiger partial charge is 0.390 e. The molecule has 0 saturated heterocycles. The van der Waals surface area contributed by atoms with Gasteiger partial charge in [0.15, 0.2) is 0 Å². The number of primary amides is 1. The monoisotopic (exact) mass is 272 g/mol. The molecule has 3 rings (SSSR count). The van der Waals surface area contributed by atoms with E-state index >= 15 is 0 Å². The van der Waals surface area contributed by atoms with Gasteiger partial charge in [-0.05, 0) is 50.7 Å². The molecule has 1 aromatic heterocycles. The van der Waals surface area contributed by atoms with Crippen LogP contribution in [-0.2, 0) is 12.8 Å². The molecule has 0 saturated carbocycles. The molecule has 0 radical (unpaired) electrons. The summed E-state index contributed by atoms with van der Waals surface area (Å²) in [6, 6.07) is 5.65. The summed E-state index contributed by atoms with van der Waals surface area (Å²) in [6.07, 6.45) is 2.70. The number of nitrogens with one attached hydrogen (secondary N) is 1. The molecule has 1 amide bonds. The minimum atomic E-state index is -0.679. The van der Waals surface area contributed by atoms with E-state index in [0.29, 0.717) is 5.56 Å². The molecule has 1 aliphatic rings. The van der Waals surface area contributed by atoms with E-state index in [0.717, 1.165) is 35.9 Å². The molecule has 1 heterocycles. The quantitative estimate of drug-likeness (QED) is 0.783. The van der Waals surface area contributed by atoms with E-state index in [-0.39, 0.29) is 5.92 Å². The second-order valence-corrected chi connectivity index (χ2v) is 6.27. The number of carbonyl (C=O) groups is 1. The van der Waals surface area contributed by atoms with Gasteiger partial charge >= 0.3 is 0 Å². The first-order valence-corrected chi connectivity index (χ1v) is 7.02. The smallest absolute Gasteiger partial charge is 0.250 e. The van der Waals surface area contributed by atoms with Crippen LogP contribution in [0.2, 0.25) is 0 Å². The van der Waals surface area contributed by atoms with Crippen molar-refractivity contribution >= 4 is 16.8 Å². The van der Waals surface area contributed by atoms with E-state index in [9.17, 15) is 9.90 Å². The zero-order valence-corrected chi connectivity index (χ0v) is 11.9. The molecule has 4 nitrogen and oxygen atoms in total. The molecule has 0 fully saturated rings. The number of H-pyrrole nitrogens is 1. The molecule has 4 N–H and O–H groups in total. The molecule has 2 aromatic rings.